The van der Waals surface area contributed by atoms with Gasteiger partial charge in [0.15, 0.2) is 0 Å². The van der Waals surface area contributed by atoms with E-state index in [1.165, 1.54) is 0 Å². The average Bonchev–Trinajstić information content (AvgIpc) is 3.17. The third-order valence-electron chi connectivity index (χ3n) is 2.98. The topological polar surface area (TPSA) is 47.7 Å². The van der Waals surface area contributed by atoms with E-state index in [9.17, 15) is 0 Å². The molecular formula is C15H15N5. The van der Waals surface area contributed by atoms with Crippen molar-refractivity contribution in [3.05, 3.63) is 67.3 Å². The third-order valence-corrected chi connectivity index (χ3v) is 2.98. The number of nitrogens with one attached hydrogen (secondary N) is 1. The first-order valence-electron chi connectivity index (χ1n) is 6.35. The molecule has 3 aromatic rings. The summed E-state index contributed by atoms with van der Waals surface area (Å²) in [6, 6.07) is 9.97. The second-order valence-electron chi connectivity index (χ2n) is 4.33. The van der Waals surface area contributed by atoms with Gasteiger partial charge in [0.25, 0.3) is 0 Å². The lowest BCUT2D eigenvalue weighted by molar-refractivity contribution is 0.879. The van der Waals surface area contributed by atoms with Crippen LogP contribution in [0.5, 0.6) is 0 Å². The molecule has 0 saturated heterocycles. The van der Waals surface area contributed by atoms with Crippen LogP contribution in [0.15, 0.2) is 61.7 Å². The third kappa shape index (κ3) is 2.47. The van der Waals surface area contributed by atoms with Crippen LogP contribution >= 0.6 is 0 Å². The maximum atomic E-state index is 4.27. The monoisotopic (exact) mass is 265 g/mol. The molecule has 0 amide bonds. The normalized spacial score (nSPS) is 10.4. The maximum Gasteiger partial charge on any atom is 0.0876 e. The second kappa shape index (κ2) is 5.44. The SMILES string of the molecule is C=Cn1cc(CNc2ccccc2-n2cccn2)cn1. The Morgan fingerprint density at radius 1 is 1.20 bits per heavy atom. The van der Waals surface area contributed by atoms with E-state index < -0.39 is 0 Å². The summed E-state index contributed by atoms with van der Waals surface area (Å²) in [4.78, 5) is 0. The number of para-hydroxylation sites is 2. The first kappa shape index (κ1) is 12.2. The molecule has 0 aliphatic rings. The first-order valence-corrected chi connectivity index (χ1v) is 6.35. The zero-order valence-corrected chi connectivity index (χ0v) is 11.0. The maximum absolute atomic E-state index is 4.27. The molecule has 20 heavy (non-hydrogen) atoms. The van der Waals surface area contributed by atoms with Crippen molar-refractivity contribution in [3.63, 3.8) is 0 Å². The van der Waals surface area contributed by atoms with Gasteiger partial charge in [-0.25, -0.2) is 9.36 Å². The molecule has 0 unspecified atom stereocenters. The van der Waals surface area contributed by atoms with Gasteiger partial charge in [-0.1, -0.05) is 18.7 Å². The smallest absolute Gasteiger partial charge is 0.0876 e. The Morgan fingerprint density at radius 3 is 2.85 bits per heavy atom. The van der Waals surface area contributed by atoms with Crippen molar-refractivity contribution in [3.8, 4) is 5.69 Å². The molecule has 5 heteroatoms. The molecule has 0 radical (unpaired) electrons. The molecule has 2 heterocycles. The Kier molecular flexibility index (Phi) is 3.33. The zero-order valence-electron chi connectivity index (χ0n) is 11.0. The molecule has 0 aliphatic carbocycles. The van der Waals surface area contributed by atoms with Gasteiger partial charge in [-0.3, -0.25) is 0 Å². The molecule has 0 atom stereocenters. The van der Waals surface area contributed by atoms with Crippen LogP contribution in [-0.4, -0.2) is 19.6 Å². The van der Waals surface area contributed by atoms with Crippen molar-refractivity contribution in [1.29, 1.82) is 0 Å². The van der Waals surface area contributed by atoms with Crippen LogP contribution < -0.4 is 5.32 Å². The summed E-state index contributed by atoms with van der Waals surface area (Å²) in [5.74, 6) is 0. The Bertz CT molecular complexity index is 697. The van der Waals surface area contributed by atoms with Gasteiger partial charge in [0.05, 0.1) is 17.6 Å². The van der Waals surface area contributed by atoms with Gasteiger partial charge in [-0.2, -0.15) is 10.2 Å². The Balaban J connectivity index is 1.79. The van der Waals surface area contributed by atoms with E-state index in [-0.39, 0.29) is 0 Å². The van der Waals surface area contributed by atoms with Crippen molar-refractivity contribution in [2.24, 2.45) is 0 Å². The van der Waals surface area contributed by atoms with Crippen LogP contribution in [0.1, 0.15) is 5.56 Å². The number of rotatable bonds is 5. The summed E-state index contributed by atoms with van der Waals surface area (Å²) in [7, 11) is 0. The highest BCUT2D eigenvalue weighted by Gasteiger charge is 2.04. The first-order chi connectivity index (χ1) is 9.86. The fraction of sp³-hybridized carbons (Fsp3) is 0.0667. The van der Waals surface area contributed by atoms with E-state index in [1.54, 1.807) is 17.1 Å². The highest BCUT2D eigenvalue weighted by atomic mass is 15.3. The molecule has 3 rings (SSSR count). The summed E-state index contributed by atoms with van der Waals surface area (Å²) in [6.45, 7) is 4.38. The van der Waals surface area contributed by atoms with Crippen LogP contribution in [0.4, 0.5) is 5.69 Å². The number of aromatic nitrogens is 4. The molecule has 0 bridgehead atoms. The van der Waals surface area contributed by atoms with Crippen molar-refractivity contribution in [1.82, 2.24) is 19.6 Å². The van der Waals surface area contributed by atoms with Crippen LogP contribution in [-0.2, 0) is 6.54 Å². The molecule has 0 saturated carbocycles. The molecule has 1 aromatic carbocycles. The zero-order chi connectivity index (χ0) is 13.8. The largest absolute Gasteiger partial charge is 0.379 e. The number of nitrogens with zero attached hydrogens (tertiary/aromatic N) is 4. The summed E-state index contributed by atoms with van der Waals surface area (Å²) in [6.07, 6.45) is 9.13. The average molecular weight is 265 g/mol. The highest BCUT2D eigenvalue weighted by molar-refractivity contribution is 5.60. The summed E-state index contributed by atoms with van der Waals surface area (Å²) >= 11 is 0. The van der Waals surface area contributed by atoms with Gasteiger partial charge >= 0.3 is 0 Å². The van der Waals surface area contributed by atoms with Crippen LogP contribution in [0.25, 0.3) is 11.9 Å². The predicted octanol–water partition coefficient (Wildman–Crippen LogP) is 2.78. The van der Waals surface area contributed by atoms with E-state index in [0.29, 0.717) is 6.54 Å². The summed E-state index contributed by atoms with van der Waals surface area (Å²) in [5, 5.41) is 11.8. The lowest BCUT2D eigenvalue weighted by Gasteiger charge is -2.11. The van der Waals surface area contributed by atoms with Crippen molar-refractivity contribution >= 4 is 11.9 Å². The van der Waals surface area contributed by atoms with Crippen LogP contribution in [0.2, 0.25) is 0 Å². The molecule has 5 nitrogen and oxygen atoms in total. The van der Waals surface area contributed by atoms with Gasteiger partial charge in [0.1, 0.15) is 0 Å². The van der Waals surface area contributed by atoms with Gasteiger partial charge < -0.3 is 5.32 Å². The molecule has 0 aliphatic heterocycles. The molecule has 1 N–H and O–H groups in total. The quantitative estimate of drug-likeness (QED) is 0.771. The van der Waals surface area contributed by atoms with Crippen molar-refractivity contribution in [2.45, 2.75) is 6.54 Å². The molecule has 0 spiro atoms. The van der Waals surface area contributed by atoms with Crippen molar-refractivity contribution in [2.75, 3.05) is 5.32 Å². The van der Waals surface area contributed by atoms with E-state index >= 15 is 0 Å². The highest BCUT2D eigenvalue weighted by Crippen LogP contribution is 2.19. The molecule has 0 fully saturated rings. The minimum Gasteiger partial charge on any atom is -0.379 e. The fourth-order valence-corrected chi connectivity index (χ4v) is 2.00. The van der Waals surface area contributed by atoms with E-state index in [4.69, 9.17) is 0 Å². The predicted molar refractivity (Wildman–Crippen MR) is 79.5 cm³/mol. The minimum atomic E-state index is 0.701. The number of benzene rings is 1. The van der Waals surface area contributed by atoms with E-state index in [2.05, 4.69) is 22.1 Å². The number of anilines is 1. The Morgan fingerprint density at radius 2 is 2.10 bits per heavy atom. The van der Waals surface area contributed by atoms with Crippen molar-refractivity contribution < 1.29 is 0 Å². The minimum absolute atomic E-state index is 0.701. The van der Waals surface area contributed by atoms with Gasteiger partial charge in [-0.15, -0.1) is 0 Å². The van der Waals surface area contributed by atoms with Crippen LogP contribution in [0, 0.1) is 0 Å². The van der Waals surface area contributed by atoms with Gasteiger partial charge in [-0.05, 0) is 18.2 Å². The summed E-state index contributed by atoms with van der Waals surface area (Å²) < 4.78 is 3.53. The summed E-state index contributed by atoms with van der Waals surface area (Å²) in [5.41, 5.74) is 3.15. The van der Waals surface area contributed by atoms with E-state index in [0.717, 1.165) is 16.9 Å². The lowest BCUT2D eigenvalue weighted by Crippen LogP contribution is -2.04. The number of hydrogen-bond acceptors (Lipinski definition) is 3. The molecular weight excluding hydrogens is 250 g/mol. The number of hydrogen-bond donors (Lipinski definition) is 1. The van der Waals surface area contributed by atoms with Crippen LogP contribution in [0.3, 0.4) is 0 Å². The second-order valence-corrected chi connectivity index (χ2v) is 4.33. The standard InChI is InChI=1S/C15H15N5/c1-2-19-12-13(11-18-19)10-16-14-6-3-4-7-15(14)20-9-5-8-17-20/h2-9,11-12,16H,1,10H2. The van der Waals surface area contributed by atoms with E-state index in [1.807, 2.05) is 53.6 Å². The fourth-order valence-electron chi connectivity index (χ4n) is 2.00. The Hall–Kier alpha value is -2.82. The van der Waals surface area contributed by atoms with Gasteiger partial charge in [0, 0.05) is 36.9 Å². The molecule has 100 valence electrons. The lowest BCUT2D eigenvalue weighted by atomic mass is 10.2. The van der Waals surface area contributed by atoms with Gasteiger partial charge in [0.2, 0.25) is 0 Å². The molecule has 2 aromatic heterocycles. The Labute approximate surface area is 117 Å².